The molecule has 0 spiro atoms. The first-order valence-electron chi connectivity index (χ1n) is 9.65. The van der Waals surface area contributed by atoms with Crippen LogP contribution in [0.4, 0.5) is 15.8 Å². The number of anilines is 2. The van der Waals surface area contributed by atoms with Crippen molar-refractivity contribution >= 4 is 58.0 Å². The predicted molar refractivity (Wildman–Crippen MR) is 120 cm³/mol. The lowest BCUT2D eigenvalue weighted by atomic mass is 9.90. The van der Waals surface area contributed by atoms with Crippen molar-refractivity contribution in [2.45, 2.75) is 12.1 Å². The Bertz CT molecular complexity index is 1240. The largest absolute Gasteiger partial charge is 0.273 e. The summed E-state index contributed by atoms with van der Waals surface area (Å²) in [6.45, 7) is 0. The van der Waals surface area contributed by atoms with Crippen LogP contribution in [0, 0.1) is 11.7 Å². The van der Waals surface area contributed by atoms with Gasteiger partial charge in [-0.05, 0) is 48.0 Å². The molecule has 2 aliphatic heterocycles. The van der Waals surface area contributed by atoms with E-state index in [4.69, 9.17) is 39.6 Å². The van der Waals surface area contributed by atoms with Crippen LogP contribution in [0.2, 0.25) is 15.1 Å². The van der Waals surface area contributed by atoms with Crippen LogP contribution in [-0.2, 0) is 14.4 Å². The molecule has 32 heavy (non-hydrogen) atoms. The highest BCUT2D eigenvalue weighted by atomic mass is 35.5. The smallest absolute Gasteiger partial charge is 0.266 e. The first kappa shape index (κ1) is 21.2. The van der Waals surface area contributed by atoms with E-state index < -0.39 is 35.7 Å². The molecule has 0 aromatic heterocycles. The van der Waals surface area contributed by atoms with E-state index in [9.17, 15) is 14.0 Å². The summed E-state index contributed by atoms with van der Waals surface area (Å²) in [7, 11) is 0. The van der Waals surface area contributed by atoms with Crippen molar-refractivity contribution in [2.24, 2.45) is 5.92 Å². The second kappa shape index (κ2) is 8.05. The lowest BCUT2D eigenvalue weighted by Gasteiger charge is -2.29. The van der Waals surface area contributed by atoms with Crippen LogP contribution in [0.5, 0.6) is 0 Å². The summed E-state index contributed by atoms with van der Waals surface area (Å²) in [6.07, 6.45) is -1.10. The molecule has 5 nitrogen and oxygen atoms in total. The minimum Gasteiger partial charge on any atom is -0.273 e. The highest BCUT2D eigenvalue weighted by Gasteiger charge is 2.60. The summed E-state index contributed by atoms with van der Waals surface area (Å²) in [5, 5.41) is 2.20. The van der Waals surface area contributed by atoms with Gasteiger partial charge < -0.3 is 0 Å². The Morgan fingerprint density at radius 1 is 0.812 bits per heavy atom. The third-order valence-electron chi connectivity index (χ3n) is 5.57. The van der Waals surface area contributed by atoms with E-state index in [-0.39, 0.29) is 10.7 Å². The molecule has 3 unspecified atom stereocenters. The predicted octanol–water partition coefficient (Wildman–Crippen LogP) is 5.84. The minimum absolute atomic E-state index is 0.0899. The number of carbonyl (C=O) groups excluding carboxylic acids is 2. The van der Waals surface area contributed by atoms with E-state index >= 15 is 0 Å². The standard InChI is InChI=1S/C23H14Cl3FN2O3/c24-12-6-8-15(17(26)10-12)20-19-21(32-29(20)13-4-2-1-3-5-13)23(31)28(22(19)30)14-7-9-16(25)18(27)11-14/h1-11,19-21H. The van der Waals surface area contributed by atoms with Crippen molar-refractivity contribution in [3.8, 4) is 0 Å². The summed E-state index contributed by atoms with van der Waals surface area (Å²) in [5.74, 6) is -2.74. The number of fused-ring (bicyclic) bond motifs is 1. The molecule has 2 aliphatic rings. The third kappa shape index (κ3) is 3.35. The molecule has 0 saturated carbocycles. The van der Waals surface area contributed by atoms with Gasteiger partial charge in [0.2, 0.25) is 5.91 Å². The molecule has 162 valence electrons. The number of hydrogen-bond donors (Lipinski definition) is 0. The summed E-state index contributed by atoms with van der Waals surface area (Å²) in [5.41, 5.74) is 1.33. The van der Waals surface area contributed by atoms with Crippen LogP contribution in [0.3, 0.4) is 0 Å². The highest BCUT2D eigenvalue weighted by molar-refractivity contribution is 6.35. The maximum Gasteiger partial charge on any atom is 0.266 e. The summed E-state index contributed by atoms with van der Waals surface area (Å²) < 4.78 is 14.0. The molecule has 0 radical (unpaired) electrons. The zero-order valence-electron chi connectivity index (χ0n) is 16.2. The van der Waals surface area contributed by atoms with Crippen LogP contribution in [0.15, 0.2) is 66.7 Å². The van der Waals surface area contributed by atoms with Crippen molar-refractivity contribution in [1.29, 1.82) is 0 Å². The first-order valence-corrected chi connectivity index (χ1v) is 10.8. The second-order valence-electron chi connectivity index (χ2n) is 7.43. The molecule has 0 N–H and O–H groups in total. The van der Waals surface area contributed by atoms with Gasteiger partial charge in [-0.15, -0.1) is 0 Å². The number of hydrogen-bond acceptors (Lipinski definition) is 4. The molecule has 3 aromatic rings. The number of imide groups is 1. The zero-order chi connectivity index (χ0) is 22.6. The van der Waals surface area contributed by atoms with Gasteiger partial charge in [-0.1, -0.05) is 59.1 Å². The number of nitrogens with zero attached hydrogens (tertiary/aromatic N) is 2. The Morgan fingerprint density at radius 3 is 2.25 bits per heavy atom. The van der Waals surface area contributed by atoms with Gasteiger partial charge in [0.15, 0.2) is 6.10 Å². The van der Waals surface area contributed by atoms with Crippen molar-refractivity contribution < 1.29 is 18.8 Å². The Morgan fingerprint density at radius 2 is 1.56 bits per heavy atom. The Kier molecular flexibility index (Phi) is 5.34. The number of para-hydroxylation sites is 1. The Hall–Kier alpha value is -2.64. The number of halogens is 4. The van der Waals surface area contributed by atoms with Gasteiger partial charge in [0.05, 0.1) is 22.4 Å². The van der Waals surface area contributed by atoms with Gasteiger partial charge in [-0.2, -0.15) is 0 Å². The van der Waals surface area contributed by atoms with Crippen LogP contribution in [0.1, 0.15) is 11.6 Å². The fourth-order valence-corrected chi connectivity index (χ4v) is 4.79. The molecule has 3 atom stereocenters. The van der Waals surface area contributed by atoms with E-state index in [0.717, 1.165) is 11.0 Å². The lowest BCUT2D eigenvalue weighted by molar-refractivity contribution is -0.126. The lowest BCUT2D eigenvalue weighted by Crippen LogP contribution is -2.37. The van der Waals surface area contributed by atoms with Crippen molar-refractivity contribution in [3.05, 3.63) is 93.2 Å². The molecule has 2 heterocycles. The van der Waals surface area contributed by atoms with E-state index in [2.05, 4.69) is 0 Å². The van der Waals surface area contributed by atoms with Gasteiger partial charge in [-0.3, -0.25) is 14.4 Å². The maximum absolute atomic E-state index is 14.0. The Balaban J connectivity index is 1.61. The van der Waals surface area contributed by atoms with Crippen LogP contribution >= 0.6 is 34.8 Å². The minimum atomic E-state index is -1.10. The highest BCUT2D eigenvalue weighted by Crippen LogP contribution is 2.49. The molecule has 5 rings (SSSR count). The number of rotatable bonds is 3. The van der Waals surface area contributed by atoms with E-state index in [0.29, 0.717) is 21.3 Å². The Labute approximate surface area is 197 Å². The molecule has 2 fully saturated rings. The number of amides is 2. The molecule has 2 amide bonds. The van der Waals surface area contributed by atoms with Gasteiger partial charge in [0.1, 0.15) is 11.7 Å². The zero-order valence-corrected chi connectivity index (χ0v) is 18.5. The fraction of sp³-hybridized carbons (Fsp3) is 0.130. The molecule has 3 aromatic carbocycles. The van der Waals surface area contributed by atoms with E-state index in [1.54, 1.807) is 30.3 Å². The van der Waals surface area contributed by atoms with E-state index in [1.165, 1.54) is 17.2 Å². The van der Waals surface area contributed by atoms with Crippen molar-refractivity contribution in [3.63, 3.8) is 0 Å². The topological polar surface area (TPSA) is 49.9 Å². The molecular weight excluding hydrogens is 478 g/mol. The number of hydroxylamine groups is 1. The first-order chi connectivity index (χ1) is 15.4. The average molecular weight is 492 g/mol. The third-order valence-corrected chi connectivity index (χ3v) is 6.44. The van der Waals surface area contributed by atoms with Crippen molar-refractivity contribution in [2.75, 3.05) is 9.96 Å². The summed E-state index contributed by atoms with van der Waals surface area (Å²) in [4.78, 5) is 33.7. The van der Waals surface area contributed by atoms with Gasteiger partial charge >= 0.3 is 0 Å². The molecule has 9 heteroatoms. The molecule has 0 bridgehead atoms. The SMILES string of the molecule is O=C1C2ON(c3ccccc3)C(c3ccc(Cl)cc3Cl)C2C(=O)N1c1ccc(Cl)c(F)c1. The van der Waals surface area contributed by atoms with Crippen LogP contribution in [-0.4, -0.2) is 17.9 Å². The normalized spacial score (nSPS) is 22.6. The fourth-order valence-electron chi connectivity index (χ4n) is 4.15. The monoisotopic (exact) mass is 490 g/mol. The van der Waals surface area contributed by atoms with Gasteiger partial charge in [0, 0.05) is 10.0 Å². The molecular formula is C23H14Cl3FN2O3. The number of carbonyl (C=O) groups is 2. The average Bonchev–Trinajstić information content (AvgIpc) is 3.27. The van der Waals surface area contributed by atoms with Gasteiger partial charge in [0.25, 0.3) is 5.91 Å². The van der Waals surface area contributed by atoms with E-state index in [1.807, 2.05) is 18.2 Å². The number of benzene rings is 3. The van der Waals surface area contributed by atoms with Crippen LogP contribution in [0.25, 0.3) is 0 Å². The van der Waals surface area contributed by atoms with Crippen LogP contribution < -0.4 is 9.96 Å². The maximum atomic E-state index is 14.0. The summed E-state index contributed by atoms with van der Waals surface area (Å²) >= 11 is 18.3. The quantitative estimate of drug-likeness (QED) is 0.432. The molecule has 2 saturated heterocycles. The second-order valence-corrected chi connectivity index (χ2v) is 8.68. The van der Waals surface area contributed by atoms with Gasteiger partial charge in [-0.25, -0.2) is 14.4 Å². The van der Waals surface area contributed by atoms with Crippen molar-refractivity contribution in [1.82, 2.24) is 0 Å². The molecule has 0 aliphatic carbocycles. The summed E-state index contributed by atoms with van der Waals surface area (Å²) in [6, 6.07) is 17.1.